The number of fused-ring (bicyclic) bond motifs is 2. The third-order valence-corrected chi connectivity index (χ3v) is 8.54. The fourth-order valence-corrected chi connectivity index (χ4v) is 6.24. The van der Waals surface area contributed by atoms with E-state index in [2.05, 4.69) is 9.88 Å². The number of halogens is 1. The molecule has 3 aliphatic rings. The van der Waals surface area contributed by atoms with E-state index in [1.165, 1.54) is 0 Å². The smallest absolute Gasteiger partial charge is 0.193 e. The largest absolute Gasteiger partial charge is 0.470 e. The average Bonchev–Trinajstić information content (AvgIpc) is 3.50. The van der Waals surface area contributed by atoms with Gasteiger partial charge in [0.05, 0.1) is 46.5 Å². The van der Waals surface area contributed by atoms with Crippen LogP contribution in [0.3, 0.4) is 0 Å². The van der Waals surface area contributed by atoms with Crippen LogP contribution in [0.5, 0.6) is 5.88 Å². The molecule has 2 aromatic heterocycles. The van der Waals surface area contributed by atoms with Crippen LogP contribution in [0.4, 0.5) is 5.69 Å². The molecule has 3 aromatic rings. The van der Waals surface area contributed by atoms with Gasteiger partial charge < -0.3 is 29.2 Å². The number of pyridine rings is 1. The SMILES string of the molecule is C.O=S1(=O)CCN(c2ccc(-c3nc4cc(OC5COC6C(O)COC56)[nH]c4cc3Cl)cc2)CC1. The number of nitrogens with zero attached hydrogens (tertiary/aromatic N) is 2. The number of benzene rings is 1. The van der Waals surface area contributed by atoms with Gasteiger partial charge in [-0.15, -0.1) is 0 Å². The van der Waals surface area contributed by atoms with Gasteiger partial charge in [0.25, 0.3) is 0 Å². The number of ether oxygens (including phenoxy) is 3. The minimum atomic E-state index is -2.92. The lowest BCUT2D eigenvalue weighted by Gasteiger charge is -2.28. The number of hydrogen-bond donors (Lipinski definition) is 2. The van der Waals surface area contributed by atoms with Gasteiger partial charge in [-0.2, -0.15) is 0 Å². The van der Waals surface area contributed by atoms with Gasteiger partial charge in [0.1, 0.15) is 18.3 Å². The van der Waals surface area contributed by atoms with Crippen LogP contribution < -0.4 is 9.64 Å². The Hall–Kier alpha value is -2.37. The van der Waals surface area contributed by atoms with Crippen molar-refractivity contribution in [3.8, 4) is 17.1 Å². The van der Waals surface area contributed by atoms with Gasteiger partial charge in [0, 0.05) is 30.4 Å². The topological polar surface area (TPSA) is 114 Å². The zero-order chi connectivity index (χ0) is 23.4. The molecule has 4 unspecified atom stereocenters. The second-order valence-electron chi connectivity index (χ2n) is 8.89. The van der Waals surface area contributed by atoms with Crippen LogP contribution >= 0.6 is 11.6 Å². The first kappa shape index (κ1) is 24.3. The van der Waals surface area contributed by atoms with Crippen molar-refractivity contribution in [1.29, 1.82) is 0 Å². The summed E-state index contributed by atoms with van der Waals surface area (Å²) in [4.78, 5) is 10.0. The first-order chi connectivity index (χ1) is 16.4. The molecule has 1 aromatic carbocycles. The number of rotatable bonds is 4. The summed E-state index contributed by atoms with van der Waals surface area (Å²) >= 11 is 6.56. The number of hydrogen-bond acceptors (Lipinski definition) is 8. The highest BCUT2D eigenvalue weighted by atomic mass is 35.5. The lowest BCUT2D eigenvalue weighted by molar-refractivity contribution is 0.00794. The maximum atomic E-state index is 11.7. The number of H-pyrrole nitrogens is 1. The van der Waals surface area contributed by atoms with E-state index in [-0.39, 0.29) is 43.9 Å². The van der Waals surface area contributed by atoms with Gasteiger partial charge in [0.15, 0.2) is 21.8 Å². The van der Waals surface area contributed by atoms with E-state index in [1.54, 1.807) is 0 Å². The van der Waals surface area contributed by atoms with Crippen molar-refractivity contribution in [1.82, 2.24) is 9.97 Å². The van der Waals surface area contributed by atoms with Gasteiger partial charge in [0.2, 0.25) is 0 Å². The highest BCUT2D eigenvalue weighted by Gasteiger charge is 2.48. The quantitative estimate of drug-likeness (QED) is 0.538. The average molecular weight is 522 g/mol. The molecule has 0 spiro atoms. The number of aromatic amines is 1. The van der Waals surface area contributed by atoms with Crippen molar-refractivity contribution in [3.63, 3.8) is 0 Å². The van der Waals surface area contributed by atoms with Crippen LogP contribution in [0.2, 0.25) is 5.02 Å². The molecule has 3 aliphatic heterocycles. The summed E-state index contributed by atoms with van der Waals surface area (Å²) in [5, 5.41) is 10.4. The number of nitrogens with one attached hydrogen (secondary N) is 1. The molecule has 0 bridgehead atoms. The number of sulfone groups is 1. The molecule has 188 valence electrons. The number of aromatic nitrogens is 2. The van der Waals surface area contributed by atoms with E-state index < -0.39 is 15.9 Å². The van der Waals surface area contributed by atoms with Crippen molar-refractivity contribution in [2.75, 3.05) is 42.7 Å². The molecule has 4 atom stereocenters. The Morgan fingerprint density at radius 3 is 2.54 bits per heavy atom. The zero-order valence-electron chi connectivity index (χ0n) is 18.2. The predicted octanol–water partition coefficient (Wildman–Crippen LogP) is 2.66. The summed E-state index contributed by atoms with van der Waals surface area (Å²) in [6.07, 6.45) is -1.60. The molecular formula is C24H28ClN3O6S. The maximum absolute atomic E-state index is 11.7. The number of aliphatic hydroxyl groups excluding tert-OH is 1. The van der Waals surface area contributed by atoms with Crippen LogP contribution in [-0.4, -0.2) is 85.7 Å². The van der Waals surface area contributed by atoms with Crippen LogP contribution in [0.15, 0.2) is 36.4 Å². The van der Waals surface area contributed by atoms with E-state index in [0.29, 0.717) is 41.8 Å². The standard InChI is InChI=1S/C23H24ClN3O6S.CH4/c24-15-9-16-17(10-20(25-16)33-19-12-32-22-18(28)11-31-23(19)22)26-21(15)13-1-3-14(4-2-13)27-5-7-34(29,30)8-6-27;/h1-4,9-10,18-19,22-23,25,28H,5-8,11-12H2;1H4. The molecule has 6 rings (SSSR count). The van der Waals surface area contributed by atoms with E-state index in [1.807, 2.05) is 36.4 Å². The summed E-state index contributed by atoms with van der Waals surface area (Å²) in [6, 6.07) is 11.5. The summed E-state index contributed by atoms with van der Waals surface area (Å²) in [5.41, 5.74) is 3.95. The monoisotopic (exact) mass is 521 g/mol. The fraction of sp³-hybridized carbons (Fsp3) is 0.458. The third kappa shape index (κ3) is 4.61. The van der Waals surface area contributed by atoms with Crippen molar-refractivity contribution in [2.24, 2.45) is 0 Å². The number of aliphatic hydroxyl groups is 1. The molecule has 9 nitrogen and oxygen atoms in total. The summed E-state index contributed by atoms with van der Waals surface area (Å²) in [6.45, 7) is 1.58. The van der Waals surface area contributed by atoms with Crippen molar-refractivity contribution in [3.05, 3.63) is 41.4 Å². The van der Waals surface area contributed by atoms with Crippen LogP contribution in [0.25, 0.3) is 22.3 Å². The molecule has 0 aliphatic carbocycles. The molecular weight excluding hydrogens is 494 g/mol. The molecule has 0 saturated carbocycles. The van der Waals surface area contributed by atoms with E-state index in [0.717, 1.165) is 16.8 Å². The predicted molar refractivity (Wildman–Crippen MR) is 134 cm³/mol. The van der Waals surface area contributed by atoms with Gasteiger partial charge in [-0.1, -0.05) is 31.2 Å². The lowest BCUT2D eigenvalue weighted by atomic mass is 10.1. The molecule has 3 saturated heterocycles. The van der Waals surface area contributed by atoms with Gasteiger partial charge in [-0.3, -0.25) is 0 Å². The molecule has 11 heteroatoms. The second-order valence-corrected chi connectivity index (χ2v) is 11.6. The Labute approximate surface area is 208 Å². The minimum Gasteiger partial charge on any atom is -0.470 e. The molecule has 3 fully saturated rings. The Bertz CT molecular complexity index is 1320. The zero-order valence-corrected chi connectivity index (χ0v) is 19.8. The molecule has 2 N–H and O–H groups in total. The second kappa shape index (κ2) is 9.25. The molecule has 5 heterocycles. The summed E-state index contributed by atoms with van der Waals surface area (Å²) in [5.74, 6) is 0.889. The van der Waals surface area contributed by atoms with Crippen LogP contribution in [-0.2, 0) is 19.3 Å². The maximum Gasteiger partial charge on any atom is 0.193 e. The first-order valence-corrected chi connectivity index (χ1v) is 13.4. The molecule has 0 amide bonds. The van der Waals surface area contributed by atoms with E-state index >= 15 is 0 Å². The summed E-state index contributed by atoms with van der Waals surface area (Å²) < 4.78 is 40.7. The van der Waals surface area contributed by atoms with Crippen LogP contribution in [0.1, 0.15) is 7.43 Å². The van der Waals surface area contributed by atoms with Crippen molar-refractivity contribution in [2.45, 2.75) is 31.8 Å². The van der Waals surface area contributed by atoms with Gasteiger partial charge in [-0.25, -0.2) is 13.4 Å². The van der Waals surface area contributed by atoms with Crippen LogP contribution in [0, 0.1) is 0 Å². The summed E-state index contributed by atoms with van der Waals surface area (Å²) in [7, 11) is -2.92. The Balaban J connectivity index is 0.00000253. The fourth-order valence-electron chi connectivity index (χ4n) is 4.78. The lowest BCUT2D eigenvalue weighted by Crippen LogP contribution is -2.40. The third-order valence-electron chi connectivity index (χ3n) is 6.64. The Kier molecular flexibility index (Phi) is 6.43. The highest BCUT2D eigenvalue weighted by Crippen LogP contribution is 2.34. The Morgan fingerprint density at radius 2 is 1.80 bits per heavy atom. The molecule has 35 heavy (non-hydrogen) atoms. The van der Waals surface area contributed by atoms with Crippen molar-refractivity contribution >= 4 is 38.2 Å². The normalized spacial score (nSPS) is 27.5. The highest BCUT2D eigenvalue weighted by molar-refractivity contribution is 7.91. The minimum absolute atomic E-state index is 0. The first-order valence-electron chi connectivity index (χ1n) is 11.2. The van der Waals surface area contributed by atoms with Gasteiger partial charge >= 0.3 is 0 Å². The molecule has 0 radical (unpaired) electrons. The van der Waals surface area contributed by atoms with E-state index in [9.17, 15) is 13.5 Å². The number of anilines is 1. The van der Waals surface area contributed by atoms with Gasteiger partial charge in [-0.05, 0) is 18.2 Å². The van der Waals surface area contributed by atoms with Crippen molar-refractivity contribution < 1.29 is 27.7 Å². The Morgan fingerprint density at radius 1 is 1.09 bits per heavy atom. The van der Waals surface area contributed by atoms with E-state index in [4.69, 9.17) is 30.8 Å².